The molecule has 1 saturated carbocycles. The van der Waals surface area contributed by atoms with Crippen LogP contribution < -0.4 is 15.1 Å². The van der Waals surface area contributed by atoms with Gasteiger partial charge in [0.05, 0.1) is 11.5 Å². The minimum atomic E-state index is -0.495. The lowest BCUT2D eigenvalue weighted by atomic mass is 9.74. The molecule has 146 valence electrons. The van der Waals surface area contributed by atoms with Crippen molar-refractivity contribution in [3.8, 4) is 0 Å². The second-order valence-electron chi connectivity index (χ2n) is 8.10. The quantitative estimate of drug-likeness (QED) is 0.837. The van der Waals surface area contributed by atoms with Gasteiger partial charge in [-0.3, -0.25) is 4.79 Å². The van der Waals surface area contributed by atoms with Gasteiger partial charge in [-0.2, -0.15) is 0 Å². The van der Waals surface area contributed by atoms with Crippen LogP contribution in [0.15, 0.2) is 36.9 Å². The van der Waals surface area contributed by atoms with Gasteiger partial charge in [-0.1, -0.05) is 0 Å². The highest BCUT2D eigenvalue weighted by Gasteiger charge is 2.57. The van der Waals surface area contributed by atoms with E-state index in [4.69, 9.17) is 0 Å². The number of amides is 1. The highest BCUT2D eigenvalue weighted by atomic mass is 16.2. The fourth-order valence-electron chi connectivity index (χ4n) is 4.61. The molecule has 2 saturated heterocycles. The molecule has 2 atom stereocenters. The van der Waals surface area contributed by atoms with Crippen molar-refractivity contribution in [2.45, 2.75) is 31.7 Å². The highest BCUT2D eigenvalue weighted by Crippen LogP contribution is 2.44. The van der Waals surface area contributed by atoms with Gasteiger partial charge in [0, 0.05) is 51.0 Å². The molecule has 0 unspecified atom stereocenters. The Bertz CT molecular complexity index is 829. The summed E-state index contributed by atoms with van der Waals surface area (Å²) >= 11 is 0. The van der Waals surface area contributed by atoms with Gasteiger partial charge in [0.15, 0.2) is 0 Å². The van der Waals surface area contributed by atoms with Gasteiger partial charge in [-0.05, 0) is 43.7 Å². The summed E-state index contributed by atoms with van der Waals surface area (Å²) in [7, 11) is 0. The molecule has 2 aliphatic heterocycles. The maximum atomic E-state index is 13.4. The van der Waals surface area contributed by atoms with Crippen molar-refractivity contribution in [3.05, 3.63) is 36.9 Å². The van der Waals surface area contributed by atoms with Crippen LogP contribution in [-0.2, 0) is 4.79 Å². The predicted molar refractivity (Wildman–Crippen MR) is 105 cm³/mol. The second kappa shape index (κ2) is 7.00. The van der Waals surface area contributed by atoms with Crippen molar-refractivity contribution in [2.24, 2.45) is 11.3 Å². The van der Waals surface area contributed by atoms with Crippen LogP contribution in [0.2, 0.25) is 0 Å². The molecule has 0 radical (unpaired) electrons. The van der Waals surface area contributed by atoms with E-state index in [2.05, 4.69) is 35.1 Å². The van der Waals surface area contributed by atoms with E-state index in [-0.39, 0.29) is 11.9 Å². The molecule has 3 fully saturated rings. The lowest BCUT2D eigenvalue weighted by molar-refractivity contribution is -0.131. The van der Waals surface area contributed by atoms with E-state index in [9.17, 15) is 4.79 Å². The van der Waals surface area contributed by atoms with E-state index in [0.717, 1.165) is 25.9 Å². The smallest absolute Gasteiger partial charge is 0.230 e. The fourth-order valence-corrected chi connectivity index (χ4v) is 4.61. The predicted octanol–water partition coefficient (Wildman–Crippen LogP) is 1.27. The van der Waals surface area contributed by atoms with Gasteiger partial charge in [-0.25, -0.2) is 19.9 Å². The first-order valence-electron chi connectivity index (χ1n) is 10.1. The summed E-state index contributed by atoms with van der Waals surface area (Å²) in [6, 6.07) is 3.64. The Morgan fingerprint density at radius 2 is 1.75 bits per heavy atom. The molecule has 0 bridgehead atoms. The molecule has 8 heteroatoms. The van der Waals surface area contributed by atoms with Crippen LogP contribution in [-0.4, -0.2) is 58.1 Å². The van der Waals surface area contributed by atoms with Crippen molar-refractivity contribution in [2.75, 3.05) is 36.0 Å². The Morgan fingerprint density at radius 3 is 2.43 bits per heavy atom. The second-order valence-corrected chi connectivity index (χ2v) is 8.10. The van der Waals surface area contributed by atoms with E-state index < -0.39 is 5.41 Å². The number of rotatable bonds is 5. The van der Waals surface area contributed by atoms with E-state index in [0.29, 0.717) is 30.9 Å². The summed E-state index contributed by atoms with van der Waals surface area (Å²) in [4.78, 5) is 35.6. The van der Waals surface area contributed by atoms with E-state index >= 15 is 0 Å². The van der Waals surface area contributed by atoms with Gasteiger partial charge in [0.1, 0.15) is 0 Å². The molecule has 4 heterocycles. The Kier molecular flexibility index (Phi) is 4.33. The normalized spacial score (nSPS) is 26.8. The third-order valence-electron chi connectivity index (χ3n) is 6.25. The van der Waals surface area contributed by atoms with Crippen molar-refractivity contribution < 1.29 is 4.79 Å². The first kappa shape index (κ1) is 17.3. The number of carbonyl (C=O) groups is 1. The molecule has 2 aromatic heterocycles. The zero-order chi connectivity index (χ0) is 19.0. The summed E-state index contributed by atoms with van der Waals surface area (Å²) in [5.41, 5.74) is -0.495. The molecule has 3 aliphatic rings. The molecule has 2 aromatic rings. The molecular formula is C20H25N7O. The highest BCUT2D eigenvalue weighted by molar-refractivity contribution is 5.86. The number of fused-ring (bicyclic) bond motifs is 1. The Labute approximate surface area is 164 Å². The summed E-state index contributed by atoms with van der Waals surface area (Å²) in [5, 5.41) is 3.25. The maximum Gasteiger partial charge on any atom is 0.230 e. The van der Waals surface area contributed by atoms with Crippen molar-refractivity contribution in [3.63, 3.8) is 0 Å². The lowest BCUT2D eigenvalue weighted by Gasteiger charge is -2.44. The topological polar surface area (TPSA) is 87.1 Å². The molecule has 0 aromatic carbocycles. The molecule has 28 heavy (non-hydrogen) atoms. The Balaban J connectivity index is 1.47. The molecule has 0 spiro atoms. The van der Waals surface area contributed by atoms with Crippen LogP contribution in [0, 0.1) is 11.3 Å². The first-order chi connectivity index (χ1) is 13.8. The molecular weight excluding hydrogens is 354 g/mol. The van der Waals surface area contributed by atoms with E-state index in [1.54, 1.807) is 24.8 Å². The third-order valence-corrected chi connectivity index (χ3v) is 6.25. The van der Waals surface area contributed by atoms with E-state index in [1.807, 2.05) is 12.1 Å². The average molecular weight is 379 g/mol. The zero-order valence-electron chi connectivity index (χ0n) is 15.9. The van der Waals surface area contributed by atoms with Crippen molar-refractivity contribution in [1.82, 2.24) is 25.3 Å². The molecule has 1 amide bonds. The summed E-state index contributed by atoms with van der Waals surface area (Å²) in [6.45, 7) is 2.97. The standard InChI is InChI=1S/C20H25N7O/c28-17(25-12-15-4-5-15)20-6-1-11-27(19-23-9-3-10-24-19)16(20)13-26(14-20)18-21-7-2-8-22-18/h2-3,7-10,15-16H,1,4-6,11-14H2,(H,25,28)/t16-,20+/m0/s1. The first-order valence-corrected chi connectivity index (χ1v) is 10.1. The number of nitrogens with zero attached hydrogens (tertiary/aromatic N) is 6. The monoisotopic (exact) mass is 379 g/mol. The van der Waals surface area contributed by atoms with Crippen molar-refractivity contribution in [1.29, 1.82) is 0 Å². The largest absolute Gasteiger partial charge is 0.355 e. The van der Waals surface area contributed by atoms with E-state index in [1.165, 1.54) is 12.8 Å². The van der Waals surface area contributed by atoms with Crippen molar-refractivity contribution >= 4 is 17.8 Å². The van der Waals surface area contributed by atoms with Gasteiger partial charge >= 0.3 is 0 Å². The molecule has 5 rings (SSSR count). The van der Waals surface area contributed by atoms with Gasteiger partial charge < -0.3 is 15.1 Å². The third kappa shape index (κ3) is 3.06. The van der Waals surface area contributed by atoms with Crippen LogP contribution in [0.25, 0.3) is 0 Å². The molecule has 1 N–H and O–H groups in total. The number of piperidine rings is 1. The maximum absolute atomic E-state index is 13.4. The zero-order valence-corrected chi connectivity index (χ0v) is 15.9. The summed E-state index contributed by atoms with van der Waals surface area (Å²) in [6.07, 6.45) is 11.3. The number of anilines is 2. The van der Waals surface area contributed by atoms with Crippen LogP contribution in [0.4, 0.5) is 11.9 Å². The number of aromatic nitrogens is 4. The van der Waals surface area contributed by atoms with Crippen LogP contribution >= 0.6 is 0 Å². The minimum absolute atomic E-state index is 0.00617. The Hall–Kier alpha value is -2.77. The number of hydrogen-bond acceptors (Lipinski definition) is 7. The summed E-state index contributed by atoms with van der Waals surface area (Å²) in [5.74, 6) is 2.19. The minimum Gasteiger partial charge on any atom is -0.355 e. The lowest BCUT2D eigenvalue weighted by Crippen LogP contribution is -2.59. The molecule has 8 nitrogen and oxygen atoms in total. The Morgan fingerprint density at radius 1 is 1.07 bits per heavy atom. The number of carbonyl (C=O) groups excluding carboxylic acids is 1. The van der Waals surface area contributed by atoms with Gasteiger partial charge in [-0.15, -0.1) is 0 Å². The van der Waals surface area contributed by atoms with Gasteiger partial charge in [0.25, 0.3) is 0 Å². The fraction of sp³-hybridized carbons (Fsp3) is 0.550. The van der Waals surface area contributed by atoms with Crippen LogP contribution in [0.1, 0.15) is 25.7 Å². The average Bonchev–Trinajstić information content (AvgIpc) is 3.50. The SMILES string of the molecule is O=C(NCC1CC1)[C@@]12CCCN(c3ncccn3)[C@H]1CN(c1ncccn1)C2. The molecule has 1 aliphatic carbocycles. The number of nitrogens with one attached hydrogen (secondary N) is 1. The van der Waals surface area contributed by atoms with Gasteiger partial charge in [0.2, 0.25) is 17.8 Å². The number of hydrogen-bond donors (Lipinski definition) is 1. The summed E-state index contributed by atoms with van der Waals surface area (Å²) < 4.78 is 0. The van der Waals surface area contributed by atoms with Crippen LogP contribution in [0.5, 0.6) is 0 Å². The van der Waals surface area contributed by atoms with Crippen LogP contribution in [0.3, 0.4) is 0 Å².